The minimum atomic E-state index is -0.867. The molecule has 3 nitrogen and oxygen atoms in total. The van der Waals surface area contributed by atoms with Crippen molar-refractivity contribution in [3.63, 3.8) is 0 Å². The Morgan fingerprint density at radius 3 is 2.30 bits per heavy atom. The highest BCUT2D eigenvalue weighted by molar-refractivity contribution is 5.20. The first-order valence-electron chi connectivity index (χ1n) is 6.82. The zero-order valence-corrected chi connectivity index (χ0v) is 12.3. The molecule has 0 bridgehead atoms. The molecule has 0 spiro atoms. The van der Waals surface area contributed by atoms with E-state index in [0.717, 1.165) is 24.7 Å². The molecule has 0 aliphatic rings. The van der Waals surface area contributed by atoms with Crippen molar-refractivity contribution in [2.24, 2.45) is 0 Å². The van der Waals surface area contributed by atoms with Gasteiger partial charge in [-0.25, -0.2) is 8.78 Å². The SMILES string of the molecule is CC(C)OCCN(C)CCC(O)c1cc(F)cc(F)c1. The van der Waals surface area contributed by atoms with E-state index < -0.39 is 17.7 Å². The fourth-order valence-electron chi connectivity index (χ4n) is 1.83. The van der Waals surface area contributed by atoms with E-state index in [-0.39, 0.29) is 11.7 Å². The first-order valence-corrected chi connectivity index (χ1v) is 6.82. The van der Waals surface area contributed by atoms with Gasteiger partial charge in [0, 0.05) is 19.2 Å². The van der Waals surface area contributed by atoms with Crippen LogP contribution in [-0.4, -0.2) is 42.9 Å². The fourth-order valence-corrected chi connectivity index (χ4v) is 1.83. The number of likely N-dealkylation sites (N-methyl/N-ethyl adjacent to an activating group) is 1. The zero-order chi connectivity index (χ0) is 15.1. The number of hydrogen-bond donors (Lipinski definition) is 1. The Kier molecular flexibility index (Phi) is 7.05. The predicted octanol–water partition coefficient (Wildman–Crippen LogP) is 2.75. The van der Waals surface area contributed by atoms with Crippen molar-refractivity contribution in [1.82, 2.24) is 4.90 Å². The maximum Gasteiger partial charge on any atom is 0.126 e. The molecule has 1 aromatic rings. The summed E-state index contributed by atoms with van der Waals surface area (Å²) >= 11 is 0. The van der Waals surface area contributed by atoms with Crippen LogP contribution < -0.4 is 0 Å². The summed E-state index contributed by atoms with van der Waals surface area (Å²) in [6, 6.07) is 3.12. The van der Waals surface area contributed by atoms with Gasteiger partial charge in [-0.2, -0.15) is 0 Å². The maximum atomic E-state index is 13.1. The monoisotopic (exact) mass is 287 g/mol. The molecule has 0 heterocycles. The highest BCUT2D eigenvalue weighted by atomic mass is 19.1. The summed E-state index contributed by atoms with van der Waals surface area (Å²) in [5.74, 6) is -1.34. The molecule has 0 fully saturated rings. The lowest BCUT2D eigenvalue weighted by Gasteiger charge is -2.19. The normalized spacial score (nSPS) is 13.2. The largest absolute Gasteiger partial charge is 0.388 e. The second kappa shape index (κ2) is 8.29. The molecule has 0 saturated heterocycles. The highest BCUT2D eigenvalue weighted by Crippen LogP contribution is 2.19. The minimum absolute atomic E-state index is 0.198. The van der Waals surface area contributed by atoms with Crippen LogP contribution in [0.25, 0.3) is 0 Å². The third-order valence-corrected chi connectivity index (χ3v) is 2.98. The van der Waals surface area contributed by atoms with E-state index in [1.165, 1.54) is 0 Å². The second-order valence-corrected chi connectivity index (χ2v) is 5.23. The number of aliphatic hydroxyl groups excluding tert-OH is 1. The number of ether oxygens (including phenoxy) is 1. The standard InChI is InChI=1S/C15H23F2NO2/c1-11(2)20-7-6-18(3)5-4-15(19)12-8-13(16)10-14(17)9-12/h8-11,15,19H,4-7H2,1-3H3. The number of nitrogens with zero attached hydrogens (tertiary/aromatic N) is 1. The lowest BCUT2D eigenvalue weighted by Crippen LogP contribution is -2.26. The quantitative estimate of drug-likeness (QED) is 0.798. The molecule has 0 aliphatic heterocycles. The molecule has 1 rings (SSSR count). The summed E-state index contributed by atoms with van der Waals surface area (Å²) in [6.45, 7) is 5.95. The van der Waals surface area contributed by atoms with Gasteiger partial charge in [-0.05, 0) is 45.0 Å². The smallest absolute Gasteiger partial charge is 0.126 e. The first kappa shape index (κ1) is 17.0. The molecule has 5 heteroatoms. The summed E-state index contributed by atoms with van der Waals surface area (Å²) < 4.78 is 31.5. The number of halogens is 2. The number of rotatable bonds is 8. The van der Waals surface area contributed by atoms with E-state index in [4.69, 9.17) is 4.74 Å². The number of hydrogen-bond acceptors (Lipinski definition) is 3. The van der Waals surface area contributed by atoms with Crippen LogP contribution >= 0.6 is 0 Å². The summed E-state index contributed by atoms with van der Waals surface area (Å²) in [5, 5.41) is 9.94. The van der Waals surface area contributed by atoms with Gasteiger partial charge < -0.3 is 14.7 Å². The van der Waals surface area contributed by atoms with Gasteiger partial charge in [0.1, 0.15) is 11.6 Å². The molecule has 20 heavy (non-hydrogen) atoms. The third kappa shape index (κ3) is 6.41. The molecule has 0 saturated carbocycles. The van der Waals surface area contributed by atoms with Gasteiger partial charge in [-0.15, -0.1) is 0 Å². The van der Waals surface area contributed by atoms with Crippen molar-refractivity contribution in [1.29, 1.82) is 0 Å². The van der Waals surface area contributed by atoms with Crippen molar-refractivity contribution in [3.05, 3.63) is 35.4 Å². The summed E-state index contributed by atoms with van der Waals surface area (Å²) in [5.41, 5.74) is 0.273. The Balaban J connectivity index is 2.36. The molecular formula is C15H23F2NO2. The summed E-state index contributed by atoms with van der Waals surface area (Å²) in [7, 11) is 1.92. The van der Waals surface area contributed by atoms with Crippen LogP contribution in [0.4, 0.5) is 8.78 Å². The molecule has 1 unspecified atom stereocenters. The van der Waals surface area contributed by atoms with Gasteiger partial charge in [0.2, 0.25) is 0 Å². The molecule has 1 atom stereocenters. The first-order chi connectivity index (χ1) is 9.38. The highest BCUT2D eigenvalue weighted by Gasteiger charge is 2.11. The average Bonchev–Trinajstić information content (AvgIpc) is 2.34. The number of benzene rings is 1. The van der Waals surface area contributed by atoms with Gasteiger partial charge in [-0.3, -0.25) is 0 Å². The van der Waals surface area contributed by atoms with E-state index in [9.17, 15) is 13.9 Å². The van der Waals surface area contributed by atoms with E-state index in [1.807, 2.05) is 25.8 Å². The lowest BCUT2D eigenvalue weighted by atomic mass is 10.1. The van der Waals surface area contributed by atoms with E-state index in [2.05, 4.69) is 0 Å². The van der Waals surface area contributed by atoms with E-state index in [1.54, 1.807) is 0 Å². The van der Waals surface area contributed by atoms with Gasteiger partial charge in [0.15, 0.2) is 0 Å². The predicted molar refractivity (Wildman–Crippen MR) is 74.5 cm³/mol. The zero-order valence-electron chi connectivity index (χ0n) is 12.3. The fraction of sp³-hybridized carbons (Fsp3) is 0.600. The minimum Gasteiger partial charge on any atom is -0.388 e. The van der Waals surface area contributed by atoms with Gasteiger partial charge >= 0.3 is 0 Å². The maximum absolute atomic E-state index is 13.1. The molecular weight excluding hydrogens is 264 g/mol. The van der Waals surface area contributed by atoms with Crippen molar-refractivity contribution < 1.29 is 18.6 Å². The topological polar surface area (TPSA) is 32.7 Å². The van der Waals surface area contributed by atoms with Crippen LogP contribution in [0.3, 0.4) is 0 Å². The second-order valence-electron chi connectivity index (χ2n) is 5.23. The molecule has 1 aromatic carbocycles. The van der Waals surface area contributed by atoms with Crippen molar-refractivity contribution >= 4 is 0 Å². The molecule has 0 aliphatic carbocycles. The van der Waals surface area contributed by atoms with Crippen LogP contribution in [0.1, 0.15) is 31.9 Å². The van der Waals surface area contributed by atoms with Crippen LogP contribution in [0.15, 0.2) is 18.2 Å². The van der Waals surface area contributed by atoms with Crippen molar-refractivity contribution in [2.45, 2.75) is 32.5 Å². The Morgan fingerprint density at radius 2 is 1.75 bits per heavy atom. The molecule has 0 amide bonds. The Morgan fingerprint density at radius 1 is 1.15 bits per heavy atom. The number of aliphatic hydroxyl groups is 1. The van der Waals surface area contributed by atoms with Gasteiger partial charge in [0.25, 0.3) is 0 Å². The summed E-state index contributed by atoms with van der Waals surface area (Å²) in [6.07, 6.45) is -0.251. The van der Waals surface area contributed by atoms with E-state index in [0.29, 0.717) is 19.6 Å². The van der Waals surface area contributed by atoms with Gasteiger partial charge in [-0.1, -0.05) is 0 Å². The van der Waals surface area contributed by atoms with Crippen LogP contribution in [0.2, 0.25) is 0 Å². The average molecular weight is 287 g/mol. The third-order valence-electron chi connectivity index (χ3n) is 2.98. The van der Waals surface area contributed by atoms with Crippen LogP contribution in [0.5, 0.6) is 0 Å². The lowest BCUT2D eigenvalue weighted by molar-refractivity contribution is 0.0601. The Hall–Kier alpha value is -1.04. The molecule has 0 radical (unpaired) electrons. The Labute approximate surface area is 119 Å². The van der Waals surface area contributed by atoms with Crippen LogP contribution in [0, 0.1) is 11.6 Å². The van der Waals surface area contributed by atoms with Crippen LogP contribution in [-0.2, 0) is 4.74 Å². The van der Waals surface area contributed by atoms with Crippen molar-refractivity contribution in [2.75, 3.05) is 26.7 Å². The van der Waals surface area contributed by atoms with Crippen molar-refractivity contribution in [3.8, 4) is 0 Å². The molecule has 114 valence electrons. The molecule has 0 aromatic heterocycles. The van der Waals surface area contributed by atoms with E-state index >= 15 is 0 Å². The summed E-state index contributed by atoms with van der Waals surface area (Å²) in [4.78, 5) is 2.02. The molecule has 1 N–H and O–H groups in total. The Bertz CT molecular complexity index is 393. The van der Waals surface area contributed by atoms with Gasteiger partial charge in [0.05, 0.1) is 18.8 Å².